The third kappa shape index (κ3) is 2.34. The van der Waals surface area contributed by atoms with Gasteiger partial charge in [0, 0.05) is 17.5 Å². The molecular formula is C20H11N3O4. The third-order valence-corrected chi connectivity index (χ3v) is 4.79. The average Bonchev–Trinajstić information content (AvgIpc) is 3.50. The zero-order chi connectivity index (χ0) is 18.7. The molecule has 3 aliphatic rings. The van der Waals surface area contributed by atoms with Crippen molar-refractivity contribution in [2.24, 2.45) is 0 Å². The fourth-order valence-corrected chi connectivity index (χ4v) is 3.38. The van der Waals surface area contributed by atoms with Gasteiger partial charge in [-0.2, -0.15) is 5.26 Å². The molecule has 5 rings (SSSR count). The van der Waals surface area contributed by atoms with Crippen molar-refractivity contribution in [2.75, 3.05) is 0 Å². The average molecular weight is 357 g/mol. The van der Waals surface area contributed by atoms with Gasteiger partial charge in [-0.1, -0.05) is 0 Å². The Kier molecular flexibility index (Phi) is 3.06. The molecule has 7 heteroatoms. The summed E-state index contributed by atoms with van der Waals surface area (Å²) in [6.07, 6.45) is 1.86. The van der Waals surface area contributed by atoms with E-state index in [1.54, 1.807) is 18.2 Å². The normalized spacial score (nSPS) is 13.9. The molecule has 2 aliphatic carbocycles. The van der Waals surface area contributed by atoms with E-state index in [1.165, 1.54) is 12.1 Å². The molecule has 1 aromatic heterocycles. The van der Waals surface area contributed by atoms with Crippen LogP contribution in [0.5, 0.6) is 0 Å². The number of pyridine rings is 1. The summed E-state index contributed by atoms with van der Waals surface area (Å²) in [6, 6.07) is 9.75. The van der Waals surface area contributed by atoms with E-state index in [0.29, 0.717) is 33.5 Å². The molecule has 0 amide bonds. The number of carbonyl (C=O) groups is 1. The number of carboxylic acids is 1. The summed E-state index contributed by atoms with van der Waals surface area (Å²) in [7, 11) is 0. The molecule has 1 aromatic carbocycles. The molecule has 130 valence electrons. The largest absolute Gasteiger partial charge is 0.477 e. The summed E-state index contributed by atoms with van der Waals surface area (Å²) in [5.74, 6) is -0.683. The van der Waals surface area contributed by atoms with Crippen molar-refractivity contribution in [1.29, 1.82) is 5.26 Å². The minimum atomic E-state index is -1.17. The van der Waals surface area contributed by atoms with Crippen molar-refractivity contribution in [3.8, 4) is 17.5 Å². The number of fused-ring (bicyclic) bond motifs is 4. The molecule has 0 atom stereocenters. The van der Waals surface area contributed by atoms with Gasteiger partial charge in [-0.15, -0.1) is 0 Å². The summed E-state index contributed by atoms with van der Waals surface area (Å²) in [5, 5.41) is 18.9. The number of carboxylic acid groups (broad SMARTS) is 1. The van der Waals surface area contributed by atoms with Crippen LogP contribution in [-0.4, -0.2) is 21.0 Å². The predicted octanol–water partition coefficient (Wildman–Crippen LogP) is 3.29. The van der Waals surface area contributed by atoms with Gasteiger partial charge < -0.3 is 9.52 Å². The van der Waals surface area contributed by atoms with Crippen LogP contribution in [0.25, 0.3) is 33.5 Å². The van der Waals surface area contributed by atoms with Gasteiger partial charge in [-0.25, -0.2) is 14.8 Å². The lowest BCUT2D eigenvalue weighted by Gasteiger charge is -2.13. The Bertz CT molecular complexity index is 1350. The Morgan fingerprint density at radius 1 is 1.22 bits per heavy atom. The quantitative estimate of drug-likeness (QED) is 0.432. The van der Waals surface area contributed by atoms with Crippen molar-refractivity contribution in [3.63, 3.8) is 0 Å². The van der Waals surface area contributed by atoms with Gasteiger partial charge in [0.2, 0.25) is 5.43 Å². The molecule has 0 bridgehead atoms. The zero-order valence-corrected chi connectivity index (χ0v) is 13.9. The van der Waals surface area contributed by atoms with Crippen molar-refractivity contribution in [1.82, 2.24) is 9.97 Å². The second-order valence-electron chi connectivity index (χ2n) is 6.63. The summed E-state index contributed by atoms with van der Waals surface area (Å²) in [4.78, 5) is 32.8. The molecule has 0 unspecified atom stereocenters. The van der Waals surface area contributed by atoms with Crippen LogP contribution in [0.1, 0.15) is 40.4 Å². The third-order valence-electron chi connectivity index (χ3n) is 4.79. The zero-order valence-electron chi connectivity index (χ0n) is 13.9. The summed E-state index contributed by atoms with van der Waals surface area (Å²) < 4.78 is 5.85. The second kappa shape index (κ2) is 5.35. The minimum absolute atomic E-state index is 0.0972. The lowest BCUT2D eigenvalue weighted by atomic mass is 9.99. The number of hydrogen-bond acceptors (Lipinski definition) is 6. The molecule has 1 fully saturated rings. The number of nitriles is 1. The standard InChI is InChI=1S/C20H11N3O4/c21-8-9-1-4-12-15(5-9)27-16-7-14(24)18-17(19(16)22-12)11(10-2-3-10)6-13(23-18)20(25)26/h1,4-7,10H,2-3H2,(H,25,26). The van der Waals surface area contributed by atoms with E-state index in [1.807, 2.05) is 6.07 Å². The molecule has 0 spiro atoms. The van der Waals surface area contributed by atoms with Crippen LogP contribution in [0.3, 0.4) is 0 Å². The van der Waals surface area contributed by atoms with Gasteiger partial charge in [-0.3, -0.25) is 4.79 Å². The van der Waals surface area contributed by atoms with Crippen LogP contribution < -0.4 is 5.43 Å². The lowest BCUT2D eigenvalue weighted by molar-refractivity contribution is 0.0691. The van der Waals surface area contributed by atoms with Gasteiger partial charge in [0.15, 0.2) is 11.3 Å². The SMILES string of the molecule is N#Cc1ccc2nc3c4c(C5CC5)cc(C(=O)O)nc4c(=O)cc-3oc2c1. The van der Waals surface area contributed by atoms with Gasteiger partial charge >= 0.3 is 5.97 Å². The van der Waals surface area contributed by atoms with Crippen LogP contribution in [0.2, 0.25) is 0 Å². The summed E-state index contributed by atoms with van der Waals surface area (Å²) in [5.41, 5.74) is 2.18. The Morgan fingerprint density at radius 3 is 2.74 bits per heavy atom. The molecule has 1 saturated carbocycles. The van der Waals surface area contributed by atoms with Gasteiger partial charge in [-0.05, 0) is 42.5 Å². The first-order chi connectivity index (χ1) is 13.0. The van der Waals surface area contributed by atoms with Crippen LogP contribution in [0.4, 0.5) is 0 Å². The first-order valence-electron chi connectivity index (χ1n) is 8.41. The topological polar surface area (TPSA) is 117 Å². The second-order valence-corrected chi connectivity index (χ2v) is 6.63. The molecule has 1 aliphatic heterocycles. The first-order valence-corrected chi connectivity index (χ1v) is 8.41. The molecular weight excluding hydrogens is 346 g/mol. The van der Waals surface area contributed by atoms with Gasteiger partial charge in [0.25, 0.3) is 0 Å². The van der Waals surface area contributed by atoms with Crippen molar-refractivity contribution in [2.45, 2.75) is 18.8 Å². The molecule has 27 heavy (non-hydrogen) atoms. The van der Waals surface area contributed by atoms with Crippen molar-refractivity contribution >= 4 is 28.0 Å². The molecule has 2 aromatic rings. The Balaban J connectivity index is 1.95. The van der Waals surface area contributed by atoms with E-state index in [9.17, 15) is 14.7 Å². The van der Waals surface area contributed by atoms with E-state index >= 15 is 0 Å². The maximum absolute atomic E-state index is 12.6. The van der Waals surface area contributed by atoms with Gasteiger partial charge in [0.1, 0.15) is 22.4 Å². The fourth-order valence-electron chi connectivity index (χ4n) is 3.38. The molecule has 7 nitrogen and oxygen atoms in total. The van der Waals surface area contributed by atoms with Crippen LogP contribution in [0, 0.1) is 11.3 Å². The highest BCUT2D eigenvalue weighted by Gasteiger charge is 2.30. The van der Waals surface area contributed by atoms with Crippen LogP contribution in [-0.2, 0) is 0 Å². The number of nitrogens with zero attached hydrogens (tertiary/aromatic N) is 3. The Labute approximate surface area is 151 Å². The number of benzene rings is 2. The Morgan fingerprint density at radius 2 is 2.04 bits per heavy atom. The highest BCUT2D eigenvalue weighted by molar-refractivity contribution is 6.00. The van der Waals surface area contributed by atoms with Crippen molar-refractivity contribution < 1.29 is 14.3 Å². The maximum Gasteiger partial charge on any atom is 0.354 e. The van der Waals surface area contributed by atoms with E-state index in [0.717, 1.165) is 18.4 Å². The molecule has 0 saturated heterocycles. The van der Waals surface area contributed by atoms with E-state index in [-0.39, 0.29) is 17.1 Å². The highest BCUT2D eigenvalue weighted by atomic mass is 16.4. The molecule has 1 N–H and O–H groups in total. The molecule has 0 radical (unpaired) electrons. The lowest BCUT2D eigenvalue weighted by Crippen LogP contribution is -2.11. The Hall–Kier alpha value is -3.79. The van der Waals surface area contributed by atoms with E-state index < -0.39 is 11.4 Å². The number of rotatable bonds is 2. The monoisotopic (exact) mass is 357 g/mol. The number of hydrogen-bond donors (Lipinski definition) is 1. The predicted molar refractivity (Wildman–Crippen MR) is 95.9 cm³/mol. The first kappa shape index (κ1) is 15.5. The van der Waals surface area contributed by atoms with Crippen LogP contribution in [0.15, 0.2) is 39.5 Å². The van der Waals surface area contributed by atoms with Crippen LogP contribution >= 0.6 is 0 Å². The van der Waals surface area contributed by atoms with Gasteiger partial charge in [0.05, 0.1) is 11.6 Å². The van der Waals surface area contributed by atoms with E-state index in [4.69, 9.17) is 9.68 Å². The number of aromatic nitrogens is 2. The smallest absolute Gasteiger partial charge is 0.354 e. The summed E-state index contributed by atoms with van der Waals surface area (Å²) >= 11 is 0. The highest BCUT2D eigenvalue weighted by Crippen LogP contribution is 2.45. The van der Waals surface area contributed by atoms with Crippen molar-refractivity contribution in [3.05, 3.63) is 57.4 Å². The maximum atomic E-state index is 12.6. The fraction of sp³-hybridized carbons (Fsp3) is 0.150. The molecule has 2 heterocycles. The van der Waals surface area contributed by atoms with E-state index in [2.05, 4.69) is 9.97 Å². The number of aromatic carboxylic acids is 1. The minimum Gasteiger partial charge on any atom is -0.477 e. The summed E-state index contributed by atoms with van der Waals surface area (Å²) in [6.45, 7) is 0.